The zero-order valence-corrected chi connectivity index (χ0v) is 16.2. The number of ether oxygens (including phenoxy) is 1. The van der Waals surface area contributed by atoms with E-state index in [1.54, 1.807) is 61.7 Å². The van der Waals surface area contributed by atoms with Gasteiger partial charge in [-0.15, -0.1) is 11.3 Å². The van der Waals surface area contributed by atoms with Crippen LogP contribution in [0.1, 0.15) is 11.1 Å². The van der Waals surface area contributed by atoms with Crippen LogP contribution in [0.25, 0.3) is 26.4 Å². The Morgan fingerprint density at radius 3 is 2.28 bits per heavy atom. The number of halogens is 3. The van der Waals surface area contributed by atoms with Gasteiger partial charge >= 0.3 is 6.18 Å². The summed E-state index contributed by atoms with van der Waals surface area (Å²) in [5.41, 5.74) is 2.87. The number of benzene rings is 3. The van der Waals surface area contributed by atoms with Crippen molar-refractivity contribution in [1.29, 1.82) is 0 Å². The number of rotatable bonds is 4. The Labute approximate surface area is 169 Å². The maximum absolute atomic E-state index is 13.1. The van der Waals surface area contributed by atoms with Crippen LogP contribution in [0, 0.1) is 0 Å². The van der Waals surface area contributed by atoms with Crippen molar-refractivity contribution < 1.29 is 17.9 Å². The summed E-state index contributed by atoms with van der Waals surface area (Å²) >= 11 is 1.51. The van der Waals surface area contributed by atoms with Crippen molar-refractivity contribution in [3.05, 3.63) is 90.0 Å². The van der Waals surface area contributed by atoms with Gasteiger partial charge in [-0.1, -0.05) is 54.6 Å². The lowest BCUT2D eigenvalue weighted by Gasteiger charge is -2.11. The lowest BCUT2D eigenvalue weighted by molar-refractivity contribution is -0.0793. The largest absolute Gasteiger partial charge is 0.497 e. The van der Waals surface area contributed by atoms with E-state index in [4.69, 9.17) is 4.74 Å². The molecule has 0 saturated heterocycles. The van der Waals surface area contributed by atoms with Crippen LogP contribution in [0.3, 0.4) is 0 Å². The van der Waals surface area contributed by atoms with Crippen LogP contribution in [0.4, 0.5) is 13.2 Å². The first-order chi connectivity index (χ1) is 13.9. The second-order valence-corrected chi connectivity index (χ2v) is 7.43. The van der Waals surface area contributed by atoms with E-state index in [9.17, 15) is 13.2 Å². The van der Waals surface area contributed by atoms with Gasteiger partial charge in [0.2, 0.25) is 0 Å². The van der Waals surface area contributed by atoms with Crippen LogP contribution < -0.4 is 4.74 Å². The normalized spacial score (nSPS) is 12.3. The molecular weight excluding hydrogens is 395 g/mol. The molecule has 2 nitrogen and oxygen atoms in total. The highest BCUT2D eigenvalue weighted by molar-refractivity contribution is 7.21. The summed E-state index contributed by atoms with van der Waals surface area (Å²) < 4.78 is 45.6. The molecule has 1 aromatic heterocycles. The monoisotopic (exact) mass is 411 g/mol. The van der Waals surface area contributed by atoms with Crippen LogP contribution in [0.15, 0.2) is 78.9 Å². The summed E-state index contributed by atoms with van der Waals surface area (Å²) in [4.78, 5) is 4.62. The van der Waals surface area contributed by atoms with E-state index in [1.165, 1.54) is 11.3 Å². The van der Waals surface area contributed by atoms with Gasteiger partial charge in [-0.25, -0.2) is 4.98 Å². The summed E-state index contributed by atoms with van der Waals surface area (Å²) in [5.74, 6) is 0.757. The number of allylic oxidation sites excluding steroid dienone is 1. The highest BCUT2D eigenvalue weighted by Gasteiger charge is 2.25. The summed E-state index contributed by atoms with van der Waals surface area (Å²) in [6.45, 7) is 0. The average Bonchev–Trinajstić information content (AvgIpc) is 3.15. The van der Waals surface area contributed by atoms with E-state index < -0.39 is 6.18 Å². The van der Waals surface area contributed by atoms with Crippen molar-refractivity contribution in [3.8, 4) is 16.3 Å². The highest BCUT2D eigenvalue weighted by Crippen LogP contribution is 2.34. The number of hydrogen-bond donors (Lipinski definition) is 0. The summed E-state index contributed by atoms with van der Waals surface area (Å²) in [6.07, 6.45) is -4.06. The van der Waals surface area contributed by atoms with Gasteiger partial charge in [0.15, 0.2) is 0 Å². The topological polar surface area (TPSA) is 22.1 Å². The molecule has 0 N–H and O–H groups in total. The number of methoxy groups -OCH3 is 1. The van der Waals surface area contributed by atoms with Crippen molar-refractivity contribution in [2.24, 2.45) is 0 Å². The van der Waals surface area contributed by atoms with E-state index in [2.05, 4.69) is 4.98 Å². The quantitative estimate of drug-likeness (QED) is 0.362. The minimum atomic E-state index is -4.41. The Hall–Kier alpha value is -3.12. The summed E-state index contributed by atoms with van der Waals surface area (Å²) in [6, 6.07) is 21.2. The van der Waals surface area contributed by atoms with Crippen molar-refractivity contribution in [2.45, 2.75) is 6.18 Å². The maximum atomic E-state index is 13.1. The molecule has 4 rings (SSSR count). The fraction of sp³-hybridized carbons (Fsp3) is 0.0870. The number of hydrogen-bond acceptors (Lipinski definition) is 3. The molecule has 0 aliphatic rings. The van der Waals surface area contributed by atoms with Crippen LogP contribution in [0.2, 0.25) is 0 Å². The average molecular weight is 411 g/mol. The van der Waals surface area contributed by atoms with Crippen molar-refractivity contribution in [2.75, 3.05) is 7.11 Å². The molecule has 0 bridgehead atoms. The Morgan fingerprint density at radius 1 is 0.931 bits per heavy atom. The van der Waals surface area contributed by atoms with Crippen molar-refractivity contribution in [1.82, 2.24) is 4.98 Å². The first kappa shape index (κ1) is 19.2. The molecular formula is C23H16F3NOS. The molecule has 0 atom stereocenters. The minimum absolute atomic E-state index is 0.138. The van der Waals surface area contributed by atoms with E-state index in [-0.39, 0.29) is 5.57 Å². The summed E-state index contributed by atoms with van der Waals surface area (Å²) in [7, 11) is 1.61. The zero-order valence-electron chi connectivity index (χ0n) is 15.4. The van der Waals surface area contributed by atoms with Gasteiger partial charge < -0.3 is 4.74 Å². The van der Waals surface area contributed by atoms with Gasteiger partial charge in [0, 0.05) is 11.6 Å². The second kappa shape index (κ2) is 7.72. The minimum Gasteiger partial charge on any atom is -0.497 e. The van der Waals surface area contributed by atoms with Gasteiger partial charge in [-0.3, -0.25) is 0 Å². The van der Waals surface area contributed by atoms with Gasteiger partial charge in [0.1, 0.15) is 10.8 Å². The third-order valence-corrected chi connectivity index (χ3v) is 5.50. The fourth-order valence-electron chi connectivity index (χ4n) is 3.06. The number of alkyl halides is 3. The first-order valence-electron chi connectivity index (χ1n) is 8.83. The molecule has 146 valence electrons. The maximum Gasteiger partial charge on any atom is 0.410 e. The molecule has 0 aliphatic heterocycles. The van der Waals surface area contributed by atoms with Crippen LogP contribution in [-0.2, 0) is 0 Å². The smallest absolute Gasteiger partial charge is 0.410 e. The Morgan fingerprint density at radius 2 is 1.62 bits per heavy atom. The van der Waals surface area contributed by atoms with Crippen LogP contribution in [-0.4, -0.2) is 18.3 Å². The number of nitrogens with zero attached hydrogens (tertiary/aromatic N) is 1. The van der Waals surface area contributed by atoms with Crippen molar-refractivity contribution >= 4 is 27.1 Å². The SMILES string of the molecule is COc1ccc2nc(-c3ccc(C(=CC(F)(F)F)c4ccccc4)cc3)sc2c1. The third kappa shape index (κ3) is 4.32. The Balaban J connectivity index is 1.71. The molecule has 0 radical (unpaired) electrons. The molecule has 0 spiro atoms. The zero-order chi connectivity index (χ0) is 20.4. The standard InChI is InChI=1S/C23H16F3NOS/c1-28-18-11-12-20-21(13-18)29-22(27-20)17-9-7-16(8-10-17)19(14-23(24,25)26)15-5-3-2-4-6-15/h2-14H,1H3. The van der Waals surface area contributed by atoms with E-state index in [1.807, 2.05) is 18.2 Å². The highest BCUT2D eigenvalue weighted by atomic mass is 32.1. The molecule has 0 unspecified atom stereocenters. The molecule has 0 aliphatic carbocycles. The van der Waals surface area contributed by atoms with Gasteiger partial charge in [-0.05, 0) is 34.9 Å². The van der Waals surface area contributed by atoms with Gasteiger partial charge in [0.05, 0.1) is 17.3 Å². The predicted octanol–water partition coefficient (Wildman–Crippen LogP) is 6.97. The van der Waals surface area contributed by atoms with Gasteiger partial charge in [-0.2, -0.15) is 13.2 Å². The molecule has 1 heterocycles. The lowest BCUT2D eigenvalue weighted by atomic mass is 9.96. The van der Waals surface area contributed by atoms with E-state index in [0.717, 1.165) is 26.5 Å². The summed E-state index contributed by atoms with van der Waals surface area (Å²) in [5, 5.41) is 0.806. The number of aromatic nitrogens is 1. The van der Waals surface area contributed by atoms with E-state index >= 15 is 0 Å². The second-order valence-electron chi connectivity index (χ2n) is 6.40. The molecule has 6 heteroatoms. The van der Waals surface area contributed by atoms with Crippen molar-refractivity contribution in [3.63, 3.8) is 0 Å². The molecule has 0 amide bonds. The molecule has 0 fully saturated rings. The molecule has 29 heavy (non-hydrogen) atoms. The van der Waals surface area contributed by atoms with Crippen LogP contribution >= 0.6 is 11.3 Å². The number of thiazole rings is 1. The Bertz CT molecular complexity index is 1160. The van der Waals surface area contributed by atoms with E-state index in [0.29, 0.717) is 17.2 Å². The predicted molar refractivity (Wildman–Crippen MR) is 111 cm³/mol. The van der Waals surface area contributed by atoms with Crippen LogP contribution in [0.5, 0.6) is 5.75 Å². The third-order valence-electron chi connectivity index (χ3n) is 4.43. The molecule has 4 aromatic rings. The molecule has 3 aromatic carbocycles. The lowest BCUT2D eigenvalue weighted by Crippen LogP contribution is -2.04. The first-order valence-corrected chi connectivity index (χ1v) is 9.65. The van der Waals surface area contributed by atoms with Gasteiger partial charge in [0.25, 0.3) is 0 Å². The fourth-order valence-corrected chi connectivity index (χ4v) is 4.06. The molecule has 0 saturated carbocycles. The Kier molecular flexibility index (Phi) is 5.11. The number of fused-ring (bicyclic) bond motifs is 1.